The van der Waals surface area contributed by atoms with Crippen LogP contribution in [0.5, 0.6) is 0 Å². The second-order valence-electron chi connectivity index (χ2n) is 6.07. The van der Waals surface area contributed by atoms with Gasteiger partial charge in [-0.2, -0.15) is 0 Å². The minimum Gasteiger partial charge on any atom is -0.375 e. The zero-order chi connectivity index (χ0) is 11.6. The van der Waals surface area contributed by atoms with E-state index in [9.17, 15) is 0 Å². The van der Waals surface area contributed by atoms with E-state index in [-0.39, 0.29) is 0 Å². The van der Waals surface area contributed by atoms with Crippen molar-refractivity contribution in [2.45, 2.75) is 71.0 Å². The Kier molecular flexibility index (Phi) is 3.91. The maximum absolute atomic E-state index is 6.04. The average molecular weight is 225 g/mol. The van der Waals surface area contributed by atoms with Gasteiger partial charge >= 0.3 is 0 Å². The van der Waals surface area contributed by atoms with Crippen LogP contribution in [0, 0.1) is 11.3 Å². The highest BCUT2D eigenvalue weighted by Gasteiger charge is 2.40. The van der Waals surface area contributed by atoms with Crippen LogP contribution in [0.4, 0.5) is 0 Å². The van der Waals surface area contributed by atoms with Crippen molar-refractivity contribution in [3.8, 4) is 0 Å². The molecule has 1 saturated heterocycles. The van der Waals surface area contributed by atoms with E-state index in [1.54, 1.807) is 0 Å². The Bertz CT molecular complexity index is 231. The van der Waals surface area contributed by atoms with Gasteiger partial charge in [0, 0.05) is 0 Å². The first kappa shape index (κ1) is 12.4. The molecule has 4 atom stereocenters. The van der Waals surface area contributed by atoms with Crippen LogP contribution in [0.25, 0.3) is 0 Å². The number of ether oxygens (including phenoxy) is 1. The van der Waals surface area contributed by atoms with Crippen molar-refractivity contribution in [1.29, 1.82) is 0 Å². The van der Waals surface area contributed by atoms with E-state index in [2.05, 4.69) is 13.8 Å². The normalized spacial score (nSPS) is 44.1. The molecule has 1 aliphatic heterocycles. The molecule has 2 heteroatoms. The summed E-state index contributed by atoms with van der Waals surface area (Å²) in [4.78, 5) is 0. The van der Waals surface area contributed by atoms with Gasteiger partial charge in [0.2, 0.25) is 0 Å². The fraction of sp³-hybridized carbons (Fsp3) is 1.00. The number of hydrogen-bond acceptors (Lipinski definition) is 2. The first-order valence-electron chi connectivity index (χ1n) is 7.03. The third-order valence-electron chi connectivity index (χ3n) is 4.80. The lowest BCUT2D eigenvalue weighted by Gasteiger charge is -2.30. The Morgan fingerprint density at radius 3 is 2.62 bits per heavy atom. The van der Waals surface area contributed by atoms with Crippen LogP contribution in [0.15, 0.2) is 0 Å². The molecule has 0 aromatic carbocycles. The summed E-state index contributed by atoms with van der Waals surface area (Å²) in [6.45, 7) is 5.36. The van der Waals surface area contributed by atoms with E-state index in [4.69, 9.17) is 10.5 Å². The molecule has 2 nitrogen and oxygen atoms in total. The van der Waals surface area contributed by atoms with Gasteiger partial charge in [0.25, 0.3) is 0 Å². The first-order chi connectivity index (χ1) is 7.67. The first-order valence-corrected chi connectivity index (χ1v) is 7.03. The molecule has 1 saturated carbocycles. The maximum atomic E-state index is 6.04. The van der Waals surface area contributed by atoms with Crippen LogP contribution >= 0.6 is 0 Å². The molecule has 2 N–H and O–H groups in total. The van der Waals surface area contributed by atoms with Gasteiger partial charge in [0.15, 0.2) is 0 Å². The molecule has 4 unspecified atom stereocenters. The van der Waals surface area contributed by atoms with Crippen molar-refractivity contribution in [1.82, 2.24) is 0 Å². The molecule has 1 aliphatic carbocycles. The third kappa shape index (κ3) is 2.60. The molecular weight excluding hydrogens is 198 g/mol. The smallest absolute Gasteiger partial charge is 0.0585 e. The Morgan fingerprint density at radius 2 is 2.12 bits per heavy atom. The van der Waals surface area contributed by atoms with Gasteiger partial charge in [-0.15, -0.1) is 0 Å². The molecule has 2 rings (SSSR count). The standard InChI is InChI=1S/C14H27NO/c1-3-12-6-7-14(8-12,10-15)9-13-5-4-11(2)16-13/h11-13H,3-10,15H2,1-2H3. The molecule has 0 amide bonds. The highest BCUT2D eigenvalue weighted by atomic mass is 16.5. The van der Waals surface area contributed by atoms with Crippen molar-refractivity contribution in [2.24, 2.45) is 17.1 Å². The van der Waals surface area contributed by atoms with Gasteiger partial charge in [0.05, 0.1) is 12.2 Å². The average Bonchev–Trinajstić information content (AvgIpc) is 2.87. The molecule has 0 spiro atoms. The van der Waals surface area contributed by atoms with Gasteiger partial charge in [0.1, 0.15) is 0 Å². The molecule has 2 fully saturated rings. The second kappa shape index (κ2) is 5.05. The highest BCUT2D eigenvalue weighted by Crippen LogP contribution is 2.47. The van der Waals surface area contributed by atoms with Gasteiger partial charge < -0.3 is 10.5 Å². The number of hydrogen-bond donors (Lipinski definition) is 1. The Labute approximate surface area is 99.9 Å². The zero-order valence-corrected chi connectivity index (χ0v) is 10.9. The SMILES string of the molecule is CCC1CCC(CN)(CC2CCC(C)O2)C1. The van der Waals surface area contributed by atoms with Crippen LogP contribution in [-0.4, -0.2) is 18.8 Å². The molecule has 0 aromatic rings. The Balaban J connectivity index is 1.90. The van der Waals surface area contributed by atoms with Crippen molar-refractivity contribution < 1.29 is 4.74 Å². The molecule has 0 radical (unpaired) electrons. The van der Waals surface area contributed by atoms with Crippen LogP contribution in [0.2, 0.25) is 0 Å². The molecule has 2 aliphatic rings. The lowest BCUT2D eigenvalue weighted by Crippen LogP contribution is -2.32. The summed E-state index contributed by atoms with van der Waals surface area (Å²) in [7, 11) is 0. The summed E-state index contributed by atoms with van der Waals surface area (Å²) in [5.41, 5.74) is 6.46. The van der Waals surface area contributed by atoms with E-state index >= 15 is 0 Å². The fourth-order valence-electron chi connectivity index (χ4n) is 3.65. The molecule has 16 heavy (non-hydrogen) atoms. The van der Waals surface area contributed by atoms with Crippen molar-refractivity contribution >= 4 is 0 Å². The minimum absolute atomic E-state index is 0.412. The topological polar surface area (TPSA) is 35.2 Å². The van der Waals surface area contributed by atoms with Crippen molar-refractivity contribution in [3.05, 3.63) is 0 Å². The summed E-state index contributed by atoms with van der Waals surface area (Å²) >= 11 is 0. The third-order valence-corrected chi connectivity index (χ3v) is 4.80. The van der Waals surface area contributed by atoms with Crippen LogP contribution in [-0.2, 0) is 4.74 Å². The summed E-state index contributed by atoms with van der Waals surface area (Å²) in [6.07, 6.45) is 10.0. The Hall–Kier alpha value is -0.0800. The van der Waals surface area contributed by atoms with E-state index < -0.39 is 0 Å². The molecule has 94 valence electrons. The maximum Gasteiger partial charge on any atom is 0.0585 e. The summed E-state index contributed by atoms with van der Waals surface area (Å²) < 4.78 is 5.96. The Morgan fingerprint density at radius 1 is 1.31 bits per heavy atom. The lowest BCUT2D eigenvalue weighted by atomic mass is 9.79. The van der Waals surface area contributed by atoms with Crippen LogP contribution in [0.3, 0.4) is 0 Å². The number of nitrogens with two attached hydrogens (primary N) is 1. The van der Waals surface area contributed by atoms with Crippen molar-refractivity contribution in [3.63, 3.8) is 0 Å². The second-order valence-corrected chi connectivity index (χ2v) is 6.07. The van der Waals surface area contributed by atoms with Gasteiger partial charge in [-0.05, 0) is 63.3 Å². The van der Waals surface area contributed by atoms with E-state index in [0.29, 0.717) is 17.6 Å². The summed E-state index contributed by atoms with van der Waals surface area (Å²) in [5.74, 6) is 0.919. The monoisotopic (exact) mass is 225 g/mol. The largest absolute Gasteiger partial charge is 0.375 e. The van der Waals surface area contributed by atoms with E-state index in [0.717, 1.165) is 12.5 Å². The van der Waals surface area contributed by atoms with Crippen LogP contribution in [0.1, 0.15) is 58.8 Å². The summed E-state index contributed by atoms with van der Waals surface area (Å²) in [6, 6.07) is 0. The van der Waals surface area contributed by atoms with E-state index in [1.165, 1.54) is 44.9 Å². The van der Waals surface area contributed by atoms with Gasteiger partial charge in [-0.1, -0.05) is 13.3 Å². The molecule has 0 bridgehead atoms. The van der Waals surface area contributed by atoms with Crippen molar-refractivity contribution in [2.75, 3.05) is 6.54 Å². The predicted molar refractivity (Wildman–Crippen MR) is 67.3 cm³/mol. The lowest BCUT2D eigenvalue weighted by molar-refractivity contribution is 0.0233. The van der Waals surface area contributed by atoms with E-state index in [1.807, 2.05) is 0 Å². The predicted octanol–water partition coefficient (Wildman–Crippen LogP) is 3.10. The molecular formula is C14H27NO. The van der Waals surface area contributed by atoms with Crippen LogP contribution < -0.4 is 5.73 Å². The quantitative estimate of drug-likeness (QED) is 0.798. The fourth-order valence-corrected chi connectivity index (χ4v) is 3.65. The number of rotatable bonds is 4. The summed E-state index contributed by atoms with van der Waals surface area (Å²) in [5, 5.41) is 0. The highest BCUT2D eigenvalue weighted by molar-refractivity contribution is 4.92. The van der Waals surface area contributed by atoms with Gasteiger partial charge in [-0.3, -0.25) is 0 Å². The molecule has 1 heterocycles. The zero-order valence-electron chi connectivity index (χ0n) is 10.9. The van der Waals surface area contributed by atoms with Gasteiger partial charge in [-0.25, -0.2) is 0 Å². The minimum atomic E-state index is 0.412. The molecule has 0 aromatic heterocycles.